The molecule has 0 saturated heterocycles. The first-order chi connectivity index (χ1) is 13.1. The fourth-order valence-electron chi connectivity index (χ4n) is 2.70. The minimum absolute atomic E-state index is 0.260. The van der Waals surface area contributed by atoms with Crippen LogP contribution in [0, 0.1) is 18.3 Å². The number of nitrogens with zero attached hydrogens (tertiary/aromatic N) is 2. The van der Waals surface area contributed by atoms with Crippen molar-refractivity contribution in [3.05, 3.63) is 76.7 Å². The molecule has 0 spiro atoms. The van der Waals surface area contributed by atoms with Gasteiger partial charge in [0.1, 0.15) is 23.7 Å². The third-order valence-electron chi connectivity index (χ3n) is 4.05. The van der Waals surface area contributed by atoms with Gasteiger partial charge in [0.25, 0.3) is 5.91 Å². The standard InChI is InChI=1S/C21H19N3O3/c1-3-19-20(14(2)27-24-19)21(25)23-17-8-5-9-18(11-17)26-13-16-7-4-6-15(10-16)12-22/h4-11H,3,13H2,1-2H3,(H,23,25). The van der Waals surface area contributed by atoms with Crippen molar-refractivity contribution in [3.8, 4) is 11.8 Å². The first kappa shape index (κ1) is 18.2. The molecule has 0 fully saturated rings. The summed E-state index contributed by atoms with van der Waals surface area (Å²) in [6.07, 6.45) is 0.616. The third kappa shape index (κ3) is 4.33. The van der Waals surface area contributed by atoms with Gasteiger partial charge in [-0.05, 0) is 43.2 Å². The monoisotopic (exact) mass is 361 g/mol. The van der Waals surface area contributed by atoms with Crippen molar-refractivity contribution >= 4 is 11.6 Å². The van der Waals surface area contributed by atoms with Crippen molar-refractivity contribution < 1.29 is 14.1 Å². The number of aryl methyl sites for hydroxylation is 2. The highest BCUT2D eigenvalue weighted by molar-refractivity contribution is 6.05. The van der Waals surface area contributed by atoms with Crippen LogP contribution in [-0.4, -0.2) is 11.1 Å². The number of carbonyl (C=O) groups excluding carboxylic acids is 1. The lowest BCUT2D eigenvalue weighted by atomic mass is 10.1. The normalized spacial score (nSPS) is 10.3. The van der Waals surface area contributed by atoms with E-state index in [-0.39, 0.29) is 5.91 Å². The fraction of sp³-hybridized carbons (Fsp3) is 0.190. The molecule has 0 saturated carbocycles. The van der Waals surface area contributed by atoms with Gasteiger partial charge < -0.3 is 14.6 Å². The van der Waals surface area contributed by atoms with Crippen LogP contribution < -0.4 is 10.1 Å². The summed E-state index contributed by atoms with van der Waals surface area (Å²) in [5.74, 6) is 0.853. The number of carbonyl (C=O) groups is 1. The Hall–Kier alpha value is -3.59. The number of ether oxygens (including phenoxy) is 1. The second-order valence-corrected chi connectivity index (χ2v) is 6.00. The molecule has 6 heteroatoms. The smallest absolute Gasteiger partial charge is 0.261 e. The highest BCUT2D eigenvalue weighted by atomic mass is 16.5. The van der Waals surface area contributed by atoms with Crippen LogP contribution in [0.15, 0.2) is 53.1 Å². The number of hydrogen-bond acceptors (Lipinski definition) is 5. The van der Waals surface area contributed by atoms with Gasteiger partial charge in [-0.15, -0.1) is 0 Å². The molecule has 3 aromatic rings. The second-order valence-electron chi connectivity index (χ2n) is 6.00. The second kappa shape index (κ2) is 8.19. The van der Waals surface area contributed by atoms with E-state index in [0.29, 0.717) is 47.0 Å². The molecule has 27 heavy (non-hydrogen) atoms. The van der Waals surface area contributed by atoms with Crippen LogP contribution in [0.1, 0.15) is 39.9 Å². The van der Waals surface area contributed by atoms with Crippen LogP contribution in [0.4, 0.5) is 5.69 Å². The van der Waals surface area contributed by atoms with Gasteiger partial charge in [0, 0.05) is 11.8 Å². The number of nitriles is 1. The largest absolute Gasteiger partial charge is 0.489 e. The first-order valence-corrected chi connectivity index (χ1v) is 8.59. The topological polar surface area (TPSA) is 88.2 Å². The summed E-state index contributed by atoms with van der Waals surface area (Å²) in [6.45, 7) is 3.97. The summed E-state index contributed by atoms with van der Waals surface area (Å²) in [7, 11) is 0. The maximum absolute atomic E-state index is 12.6. The van der Waals surface area contributed by atoms with Crippen molar-refractivity contribution in [2.45, 2.75) is 26.9 Å². The van der Waals surface area contributed by atoms with E-state index in [1.807, 2.05) is 25.1 Å². The van der Waals surface area contributed by atoms with E-state index in [1.165, 1.54) is 0 Å². The van der Waals surface area contributed by atoms with Crippen LogP contribution >= 0.6 is 0 Å². The Bertz CT molecular complexity index is 1000. The Kier molecular flexibility index (Phi) is 5.53. The lowest BCUT2D eigenvalue weighted by molar-refractivity contribution is 0.102. The van der Waals surface area contributed by atoms with E-state index in [1.54, 1.807) is 37.3 Å². The molecule has 1 amide bonds. The minimum Gasteiger partial charge on any atom is -0.489 e. The molecule has 0 radical (unpaired) electrons. The van der Waals surface area contributed by atoms with Gasteiger partial charge in [-0.25, -0.2) is 0 Å². The average molecular weight is 361 g/mol. The van der Waals surface area contributed by atoms with Gasteiger partial charge >= 0.3 is 0 Å². The van der Waals surface area contributed by atoms with Gasteiger partial charge in [0.05, 0.1) is 17.3 Å². The zero-order chi connectivity index (χ0) is 19.2. The molecule has 0 aliphatic rings. The SMILES string of the molecule is CCc1noc(C)c1C(=O)Nc1cccc(OCc2cccc(C#N)c2)c1. The number of amides is 1. The number of rotatable bonds is 6. The van der Waals surface area contributed by atoms with E-state index in [0.717, 1.165) is 5.56 Å². The molecule has 6 nitrogen and oxygen atoms in total. The summed E-state index contributed by atoms with van der Waals surface area (Å²) in [5, 5.41) is 15.7. The van der Waals surface area contributed by atoms with Crippen LogP contribution in [0.25, 0.3) is 0 Å². The zero-order valence-electron chi connectivity index (χ0n) is 15.2. The number of anilines is 1. The average Bonchev–Trinajstić information content (AvgIpc) is 3.07. The van der Waals surface area contributed by atoms with Crippen LogP contribution in [0.5, 0.6) is 5.75 Å². The van der Waals surface area contributed by atoms with Gasteiger partial charge in [0.15, 0.2) is 0 Å². The Morgan fingerprint density at radius 3 is 2.85 bits per heavy atom. The Balaban J connectivity index is 1.69. The van der Waals surface area contributed by atoms with Gasteiger partial charge in [-0.3, -0.25) is 4.79 Å². The number of nitrogens with one attached hydrogen (secondary N) is 1. The van der Waals surface area contributed by atoms with E-state index >= 15 is 0 Å². The van der Waals surface area contributed by atoms with Crippen LogP contribution in [0.3, 0.4) is 0 Å². The molecule has 1 aromatic heterocycles. The number of hydrogen-bond donors (Lipinski definition) is 1. The molecule has 0 unspecified atom stereocenters. The molecule has 0 aliphatic heterocycles. The molecule has 0 aliphatic carbocycles. The molecule has 1 heterocycles. The van der Waals surface area contributed by atoms with Gasteiger partial charge in [-0.1, -0.05) is 30.3 Å². The molecule has 0 atom stereocenters. The van der Waals surface area contributed by atoms with Crippen LogP contribution in [0.2, 0.25) is 0 Å². The van der Waals surface area contributed by atoms with Crippen molar-refractivity contribution in [2.24, 2.45) is 0 Å². The highest BCUT2D eigenvalue weighted by Crippen LogP contribution is 2.21. The summed E-state index contributed by atoms with van der Waals surface area (Å²) in [6, 6.07) is 16.5. The molecule has 3 rings (SSSR count). The molecular weight excluding hydrogens is 342 g/mol. The minimum atomic E-state index is -0.260. The van der Waals surface area contributed by atoms with Crippen LogP contribution in [-0.2, 0) is 13.0 Å². The lowest BCUT2D eigenvalue weighted by Gasteiger charge is -2.10. The van der Waals surface area contributed by atoms with Gasteiger partial charge in [0.2, 0.25) is 0 Å². The lowest BCUT2D eigenvalue weighted by Crippen LogP contribution is -2.14. The number of aromatic nitrogens is 1. The van der Waals surface area contributed by atoms with Crippen molar-refractivity contribution in [3.63, 3.8) is 0 Å². The van der Waals surface area contributed by atoms with Crippen molar-refractivity contribution in [1.29, 1.82) is 5.26 Å². The molecule has 0 bridgehead atoms. The van der Waals surface area contributed by atoms with Gasteiger partial charge in [-0.2, -0.15) is 5.26 Å². The van der Waals surface area contributed by atoms with E-state index < -0.39 is 0 Å². The quantitative estimate of drug-likeness (QED) is 0.709. The van der Waals surface area contributed by atoms with Crippen molar-refractivity contribution in [1.82, 2.24) is 5.16 Å². The van der Waals surface area contributed by atoms with E-state index in [2.05, 4.69) is 16.5 Å². The molecule has 1 N–H and O–H groups in total. The van der Waals surface area contributed by atoms with Crippen molar-refractivity contribution in [2.75, 3.05) is 5.32 Å². The Morgan fingerprint density at radius 2 is 2.07 bits per heavy atom. The Labute approximate surface area is 157 Å². The maximum atomic E-state index is 12.6. The predicted molar refractivity (Wildman–Crippen MR) is 101 cm³/mol. The summed E-state index contributed by atoms with van der Waals surface area (Å²) in [5.41, 5.74) is 3.21. The fourth-order valence-corrected chi connectivity index (χ4v) is 2.70. The maximum Gasteiger partial charge on any atom is 0.261 e. The molecular formula is C21H19N3O3. The Morgan fingerprint density at radius 1 is 1.26 bits per heavy atom. The van der Waals surface area contributed by atoms with E-state index in [9.17, 15) is 4.79 Å². The summed E-state index contributed by atoms with van der Waals surface area (Å²) < 4.78 is 10.9. The third-order valence-corrected chi connectivity index (χ3v) is 4.05. The first-order valence-electron chi connectivity index (χ1n) is 8.59. The molecule has 2 aromatic carbocycles. The van der Waals surface area contributed by atoms with E-state index in [4.69, 9.17) is 14.5 Å². The predicted octanol–water partition coefficient (Wildman–Crippen LogP) is 4.25. The molecule has 136 valence electrons. The highest BCUT2D eigenvalue weighted by Gasteiger charge is 2.19. The summed E-state index contributed by atoms with van der Waals surface area (Å²) >= 11 is 0. The number of benzene rings is 2. The summed E-state index contributed by atoms with van der Waals surface area (Å²) in [4.78, 5) is 12.6. The zero-order valence-corrected chi connectivity index (χ0v) is 15.2.